The van der Waals surface area contributed by atoms with Crippen LogP contribution >= 0.6 is 0 Å². The highest BCUT2D eigenvalue weighted by atomic mass is 19.2. The summed E-state index contributed by atoms with van der Waals surface area (Å²) < 4.78 is 37.9. The van der Waals surface area contributed by atoms with Crippen molar-refractivity contribution in [2.45, 2.75) is 19.8 Å². The summed E-state index contributed by atoms with van der Waals surface area (Å²) in [5.74, 6) is -3.97. The van der Waals surface area contributed by atoms with E-state index in [1.165, 1.54) is 12.1 Å². The largest absolute Gasteiger partial charge is 0.505 e. The highest BCUT2D eigenvalue weighted by molar-refractivity contribution is 6.01. The molecule has 140 valence electrons. The summed E-state index contributed by atoms with van der Waals surface area (Å²) >= 11 is 0. The SMILES string of the molecule is CCCCOC(=O)c1nc(Oc2cccc(F)c2F)c2ccccc2c1O. The molecule has 0 radical (unpaired) electrons. The second-order valence-corrected chi connectivity index (χ2v) is 5.80. The lowest BCUT2D eigenvalue weighted by atomic mass is 10.1. The van der Waals surface area contributed by atoms with Gasteiger partial charge in [-0.25, -0.2) is 14.2 Å². The lowest BCUT2D eigenvalue weighted by Crippen LogP contribution is -2.10. The van der Waals surface area contributed by atoms with Gasteiger partial charge in [0.2, 0.25) is 11.7 Å². The van der Waals surface area contributed by atoms with Gasteiger partial charge in [0, 0.05) is 10.8 Å². The number of aromatic nitrogens is 1. The summed E-state index contributed by atoms with van der Waals surface area (Å²) in [7, 11) is 0. The Balaban J connectivity index is 2.07. The lowest BCUT2D eigenvalue weighted by molar-refractivity contribution is 0.0488. The average molecular weight is 373 g/mol. The highest BCUT2D eigenvalue weighted by Gasteiger charge is 2.22. The number of esters is 1. The van der Waals surface area contributed by atoms with Gasteiger partial charge in [-0.3, -0.25) is 0 Å². The van der Waals surface area contributed by atoms with E-state index < -0.39 is 17.6 Å². The molecular weight excluding hydrogens is 356 g/mol. The number of fused-ring (bicyclic) bond motifs is 1. The van der Waals surface area contributed by atoms with Crippen LogP contribution in [0.25, 0.3) is 10.8 Å². The van der Waals surface area contributed by atoms with Crippen molar-refractivity contribution < 1.29 is 28.2 Å². The third kappa shape index (κ3) is 3.81. The Labute approximate surface area is 154 Å². The van der Waals surface area contributed by atoms with E-state index in [1.807, 2.05) is 6.92 Å². The summed E-state index contributed by atoms with van der Waals surface area (Å²) in [6, 6.07) is 9.95. The third-order valence-electron chi connectivity index (χ3n) is 3.90. The maximum atomic E-state index is 14.0. The Hall–Kier alpha value is -3.22. The quantitative estimate of drug-likeness (QED) is 0.488. The normalized spacial score (nSPS) is 10.8. The number of nitrogens with zero attached hydrogens (tertiary/aromatic N) is 1. The molecule has 0 aliphatic rings. The number of carbonyl (C=O) groups excluding carboxylic acids is 1. The van der Waals surface area contributed by atoms with Crippen LogP contribution in [0.15, 0.2) is 42.5 Å². The summed E-state index contributed by atoms with van der Waals surface area (Å²) in [6.07, 6.45) is 1.50. The van der Waals surface area contributed by atoms with Crippen molar-refractivity contribution in [1.82, 2.24) is 4.98 Å². The van der Waals surface area contributed by atoms with Crippen molar-refractivity contribution in [2.24, 2.45) is 0 Å². The first kappa shape index (κ1) is 18.6. The van der Waals surface area contributed by atoms with Gasteiger partial charge in [-0.15, -0.1) is 0 Å². The lowest BCUT2D eigenvalue weighted by Gasteiger charge is -2.13. The molecule has 5 nitrogen and oxygen atoms in total. The van der Waals surface area contributed by atoms with E-state index in [0.717, 1.165) is 12.5 Å². The van der Waals surface area contributed by atoms with Gasteiger partial charge in [-0.2, -0.15) is 4.39 Å². The van der Waals surface area contributed by atoms with E-state index in [4.69, 9.17) is 9.47 Å². The zero-order valence-electron chi connectivity index (χ0n) is 14.5. The van der Waals surface area contributed by atoms with E-state index in [1.54, 1.807) is 24.3 Å². The predicted molar refractivity (Wildman–Crippen MR) is 95.0 cm³/mol. The standard InChI is InChI=1S/C20H17F2NO4/c1-2-3-11-26-20(25)17-18(24)12-7-4-5-8-13(12)19(23-17)27-15-10-6-9-14(21)16(15)22/h4-10,24H,2-3,11H2,1H3. The molecule has 0 amide bonds. The molecule has 0 aliphatic heterocycles. The molecule has 7 heteroatoms. The van der Waals surface area contributed by atoms with Crippen LogP contribution in [0.2, 0.25) is 0 Å². The molecular formula is C20H17F2NO4. The van der Waals surface area contributed by atoms with Gasteiger partial charge >= 0.3 is 5.97 Å². The smallest absolute Gasteiger partial charge is 0.360 e. The minimum Gasteiger partial charge on any atom is -0.505 e. The van der Waals surface area contributed by atoms with Gasteiger partial charge in [-0.1, -0.05) is 37.6 Å². The van der Waals surface area contributed by atoms with Crippen LogP contribution in [-0.2, 0) is 4.74 Å². The molecule has 0 unspecified atom stereocenters. The minimum absolute atomic E-state index is 0.143. The number of ether oxygens (including phenoxy) is 2. The van der Waals surface area contributed by atoms with Gasteiger partial charge in [0.1, 0.15) is 0 Å². The number of rotatable bonds is 6. The first-order valence-corrected chi connectivity index (χ1v) is 8.43. The van der Waals surface area contributed by atoms with Crippen molar-refractivity contribution >= 4 is 16.7 Å². The topological polar surface area (TPSA) is 68.7 Å². The monoisotopic (exact) mass is 373 g/mol. The molecule has 1 heterocycles. The molecule has 0 fully saturated rings. The minimum atomic E-state index is -1.18. The number of carbonyl (C=O) groups is 1. The van der Waals surface area contributed by atoms with Crippen LogP contribution < -0.4 is 4.74 Å². The Morgan fingerprint density at radius 1 is 1.11 bits per heavy atom. The van der Waals surface area contributed by atoms with Crippen LogP contribution in [0.5, 0.6) is 17.4 Å². The molecule has 3 aromatic rings. The molecule has 0 bridgehead atoms. The Kier molecular flexibility index (Phi) is 5.49. The fraction of sp³-hybridized carbons (Fsp3) is 0.200. The number of benzene rings is 2. The van der Waals surface area contributed by atoms with Crippen molar-refractivity contribution in [2.75, 3.05) is 6.61 Å². The summed E-state index contributed by atoms with van der Waals surface area (Å²) in [5.41, 5.74) is -0.350. The van der Waals surface area contributed by atoms with Gasteiger partial charge < -0.3 is 14.6 Å². The Bertz CT molecular complexity index is 991. The number of pyridine rings is 1. The maximum absolute atomic E-state index is 14.0. The summed E-state index contributed by atoms with van der Waals surface area (Å²) in [4.78, 5) is 16.3. The first-order valence-electron chi connectivity index (χ1n) is 8.43. The van der Waals surface area contributed by atoms with Gasteiger partial charge in [0.25, 0.3) is 0 Å². The molecule has 0 saturated carbocycles. The molecule has 3 rings (SSSR count). The average Bonchev–Trinajstić information content (AvgIpc) is 2.67. The molecule has 2 aromatic carbocycles. The van der Waals surface area contributed by atoms with Crippen molar-refractivity contribution in [1.29, 1.82) is 0 Å². The zero-order valence-corrected chi connectivity index (χ0v) is 14.5. The summed E-state index contributed by atoms with van der Waals surface area (Å²) in [6.45, 7) is 2.12. The number of unbranched alkanes of at least 4 members (excludes halogenated alkanes) is 1. The van der Waals surface area contributed by atoms with Crippen LogP contribution in [-0.4, -0.2) is 22.7 Å². The second-order valence-electron chi connectivity index (χ2n) is 5.80. The molecule has 0 atom stereocenters. The van der Waals surface area contributed by atoms with Crippen LogP contribution in [0.4, 0.5) is 8.78 Å². The van der Waals surface area contributed by atoms with Crippen LogP contribution in [0.3, 0.4) is 0 Å². The zero-order chi connectivity index (χ0) is 19.4. The third-order valence-corrected chi connectivity index (χ3v) is 3.90. The Morgan fingerprint density at radius 2 is 1.85 bits per heavy atom. The van der Waals surface area contributed by atoms with Gasteiger partial charge in [-0.05, 0) is 24.6 Å². The molecule has 0 saturated heterocycles. The van der Waals surface area contributed by atoms with Crippen LogP contribution in [0.1, 0.15) is 30.3 Å². The first-order chi connectivity index (χ1) is 13.0. The maximum Gasteiger partial charge on any atom is 0.360 e. The number of halogens is 2. The van der Waals surface area contributed by atoms with Gasteiger partial charge in [0.15, 0.2) is 23.0 Å². The fourth-order valence-corrected chi connectivity index (χ4v) is 2.48. The number of hydrogen-bond donors (Lipinski definition) is 1. The van der Waals surface area contributed by atoms with Crippen molar-refractivity contribution in [3.63, 3.8) is 0 Å². The van der Waals surface area contributed by atoms with Crippen molar-refractivity contribution in [3.8, 4) is 17.4 Å². The highest BCUT2D eigenvalue weighted by Crippen LogP contribution is 2.36. The fourth-order valence-electron chi connectivity index (χ4n) is 2.48. The second kappa shape index (κ2) is 7.99. The van der Waals surface area contributed by atoms with E-state index in [0.29, 0.717) is 11.8 Å². The van der Waals surface area contributed by atoms with Crippen LogP contribution in [0, 0.1) is 11.6 Å². The molecule has 1 aromatic heterocycles. The van der Waals surface area contributed by atoms with Gasteiger partial charge in [0.05, 0.1) is 6.61 Å². The van der Waals surface area contributed by atoms with E-state index >= 15 is 0 Å². The van der Waals surface area contributed by atoms with E-state index in [2.05, 4.69) is 4.98 Å². The predicted octanol–water partition coefficient (Wildman–Crippen LogP) is 4.97. The summed E-state index contributed by atoms with van der Waals surface area (Å²) in [5, 5.41) is 11.0. The van der Waals surface area contributed by atoms with E-state index in [-0.39, 0.29) is 35.1 Å². The van der Waals surface area contributed by atoms with E-state index in [9.17, 15) is 18.7 Å². The number of aromatic hydroxyl groups is 1. The molecule has 27 heavy (non-hydrogen) atoms. The Morgan fingerprint density at radius 3 is 2.59 bits per heavy atom. The molecule has 1 N–H and O–H groups in total. The molecule has 0 aliphatic carbocycles. The van der Waals surface area contributed by atoms with Crippen molar-refractivity contribution in [3.05, 3.63) is 59.8 Å². The molecule has 0 spiro atoms. The number of hydrogen-bond acceptors (Lipinski definition) is 5.